The molecule has 0 bridgehead atoms. The second-order valence-electron chi connectivity index (χ2n) is 3.07. The van der Waals surface area contributed by atoms with Gasteiger partial charge in [0.25, 0.3) is 0 Å². The van der Waals surface area contributed by atoms with Gasteiger partial charge in [-0.25, -0.2) is 4.79 Å². The summed E-state index contributed by atoms with van der Waals surface area (Å²) in [6, 6.07) is 8.99. The maximum atomic E-state index is 11.5. The van der Waals surface area contributed by atoms with Gasteiger partial charge >= 0.3 is 16.5 Å². The summed E-state index contributed by atoms with van der Waals surface area (Å²) in [5, 5.41) is 0. The first-order chi connectivity index (χ1) is 7.65. The summed E-state index contributed by atoms with van der Waals surface area (Å²) < 4.78 is 22.9. The monoisotopic (exact) mass is 241 g/mol. The summed E-state index contributed by atoms with van der Waals surface area (Å²) in [5.41, 5.74) is 0.780. The first-order valence-corrected chi connectivity index (χ1v) is 5.74. The Morgan fingerprint density at radius 2 is 2.00 bits per heavy atom. The zero-order valence-electron chi connectivity index (χ0n) is 8.66. The molecule has 1 aromatic rings. The van der Waals surface area contributed by atoms with Crippen LogP contribution in [-0.4, -0.2) is 14.4 Å². The molecule has 0 aromatic heterocycles. The highest BCUT2D eigenvalue weighted by molar-refractivity contribution is 7.61. The van der Waals surface area contributed by atoms with Crippen molar-refractivity contribution >= 4 is 16.5 Å². The number of carbonyl (C=O) groups excluding carboxylic acids is 1. The zero-order chi connectivity index (χ0) is 12.0. The number of carbonyl (C=O) groups is 1. The first kappa shape index (κ1) is 12.4. The van der Waals surface area contributed by atoms with Crippen LogP contribution in [0.3, 0.4) is 0 Å². The minimum atomic E-state index is -2.73. The standard InChI is InChI=1S/C10H11NO4S/c1-2-9(8-6-4-3-5-7-8)10(12)15-11-16(13)14/h3-7,9H,2H2,1H3. The van der Waals surface area contributed by atoms with Crippen LogP contribution in [0, 0.1) is 0 Å². The molecular weight excluding hydrogens is 230 g/mol. The van der Waals surface area contributed by atoms with Crippen LogP contribution in [0.1, 0.15) is 24.8 Å². The van der Waals surface area contributed by atoms with Crippen molar-refractivity contribution in [3.63, 3.8) is 0 Å². The summed E-state index contributed by atoms with van der Waals surface area (Å²) in [4.78, 5) is 15.8. The molecule has 5 nitrogen and oxygen atoms in total. The molecule has 0 spiro atoms. The molecule has 0 saturated heterocycles. The number of hydrogen-bond donors (Lipinski definition) is 0. The largest absolute Gasteiger partial charge is 0.349 e. The van der Waals surface area contributed by atoms with Gasteiger partial charge in [0, 0.05) is 0 Å². The smallest absolute Gasteiger partial charge is 0.302 e. The molecule has 0 radical (unpaired) electrons. The minimum absolute atomic E-state index is 0.492. The summed E-state index contributed by atoms with van der Waals surface area (Å²) in [5.74, 6) is -1.16. The Morgan fingerprint density at radius 1 is 1.38 bits per heavy atom. The molecule has 0 saturated carbocycles. The first-order valence-electron chi connectivity index (χ1n) is 4.71. The third kappa shape index (κ3) is 3.47. The molecule has 1 unspecified atom stereocenters. The Kier molecular flexibility index (Phi) is 4.65. The highest BCUT2D eigenvalue weighted by Crippen LogP contribution is 2.20. The molecule has 0 heterocycles. The van der Waals surface area contributed by atoms with E-state index in [9.17, 15) is 13.2 Å². The van der Waals surface area contributed by atoms with Gasteiger partial charge in [0.05, 0.1) is 10.4 Å². The third-order valence-corrected chi connectivity index (χ3v) is 2.28. The normalized spacial score (nSPS) is 11.6. The molecule has 1 aromatic carbocycles. The van der Waals surface area contributed by atoms with E-state index in [1.165, 1.54) is 0 Å². The van der Waals surface area contributed by atoms with Crippen LogP contribution in [0.5, 0.6) is 0 Å². The highest BCUT2D eigenvalue weighted by atomic mass is 32.2. The fourth-order valence-corrected chi connectivity index (χ4v) is 1.49. The van der Waals surface area contributed by atoms with Crippen LogP contribution in [0.4, 0.5) is 0 Å². The van der Waals surface area contributed by atoms with Gasteiger partial charge in [0.1, 0.15) is 0 Å². The number of rotatable bonds is 4. The topological polar surface area (TPSA) is 72.8 Å². The van der Waals surface area contributed by atoms with Gasteiger partial charge < -0.3 is 4.84 Å². The molecule has 0 aliphatic heterocycles. The zero-order valence-corrected chi connectivity index (χ0v) is 9.48. The van der Waals surface area contributed by atoms with E-state index in [1.54, 1.807) is 24.3 Å². The molecule has 0 amide bonds. The van der Waals surface area contributed by atoms with Crippen molar-refractivity contribution in [3.05, 3.63) is 35.9 Å². The predicted octanol–water partition coefficient (Wildman–Crippen LogP) is 1.70. The average molecular weight is 241 g/mol. The van der Waals surface area contributed by atoms with Gasteiger partial charge in [-0.15, -0.1) is 0 Å². The number of benzene rings is 1. The number of hydrogen-bond acceptors (Lipinski definition) is 5. The SMILES string of the molecule is CCC(C(=O)ON=S(=O)=O)c1ccccc1. The lowest BCUT2D eigenvalue weighted by Crippen LogP contribution is -2.12. The second-order valence-corrected chi connectivity index (χ2v) is 3.66. The van der Waals surface area contributed by atoms with Crippen molar-refractivity contribution in [2.24, 2.45) is 4.53 Å². The van der Waals surface area contributed by atoms with Crippen LogP contribution in [-0.2, 0) is 20.1 Å². The Labute approximate surface area is 94.7 Å². The van der Waals surface area contributed by atoms with Crippen LogP contribution in [0.25, 0.3) is 0 Å². The maximum absolute atomic E-state index is 11.5. The van der Waals surface area contributed by atoms with Gasteiger partial charge in [-0.05, 0) is 12.0 Å². The molecular formula is C10H11NO4S. The molecule has 0 N–H and O–H groups in total. The van der Waals surface area contributed by atoms with Gasteiger partial charge in [-0.2, -0.15) is 8.42 Å². The van der Waals surface area contributed by atoms with Crippen LogP contribution in [0.15, 0.2) is 34.9 Å². The summed E-state index contributed by atoms with van der Waals surface area (Å²) in [6.45, 7) is 1.81. The van der Waals surface area contributed by atoms with Crippen LogP contribution in [0.2, 0.25) is 0 Å². The van der Waals surface area contributed by atoms with Gasteiger partial charge in [-0.1, -0.05) is 37.3 Å². The summed E-state index contributed by atoms with van der Waals surface area (Å²) in [7, 11) is -2.73. The van der Waals surface area contributed by atoms with E-state index < -0.39 is 22.4 Å². The fraction of sp³-hybridized carbons (Fsp3) is 0.300. The van der Waals surface area contributed by atoms with Crippen molar-refractivity contribution in [1.29, 1.82) is 0 Å². The molecule has 1 atom stereocenters. The van der Waals surface area contributed by atoms with Crippen molar-refractivity contribution in [2.75, 3.05) is 0 Å². The Hall–Kier alpha value is -1.69. The van der Waals surface area contributed by atoms with E-state index in [1.807, 2.05) is 13.0 Å². The quantitative estimate of drug-likeness (QED) is 0.752. The van der Waals surface area contributed by atoms with Gasteiger partial charge in [0.15, 0.2) is 0 Å². The van der Waals surface area contributed by atoms with Crippen molar-refractivity contribution in [2.45, 2.75) is 19.3 Å². The minimum Gasteiger partial charge on any atom is -0.302 e. The average Bonchev–Trinajstić information content (AvgIpc) is 2.29. The maximum Gasteiger partial charge on any atom is 0.349 e. The van der Waals surface area contributed by atoms with E-state index in [0.717, 1.165) is 5.56 Å². The predicted molar refractivity (Wildman–Crippen MR) is 56.9 cm³/mol. The lowest BCUT2D eigenvalue weighted by Gasteiger charge is -2.10. The van der Waals surface area contributed by atoms with Crippen molar-refractivity contribution < 1.29 is 18.0 Å². The third-order valence-electron chi connectivity index (χ3n) is 2.08. The Bertz CT molecular complexity index is 473. The summed E-state index contributed by atoms with van der Waals surface area (Å²) >= 11 is 0. The van der Waals surface area contributed by atoms with E-state index in [-0.39, 0.29) is 0 Å². The van der Waals surface area contributed by atoms with Gasteiger partial charge in [-0.3, -0.25) is 0 Å². The molecule has 1 rings (SSSR count). The van der Waals surface area contributed by atoms with Crippen molar-refractivity contribution in [1.82, 2.24) is 0 Å². The molecule has 0 fully saturated rings. The van der Waals surface area contributed by atoms with Gasteiger partial charge in [0.2, 0.25) is 0 Å². The van der Waals surface area contributed by atoms with E-state index in [4.69, 9.17) is 0 Å². The number of nitrogens with zero attached hydrogens (tertiary/aromatic N) is 1. The van der Waals surface area contributed by atoms with Crippen LogP contribution < -0.4 is 0 Å². The van der Waals surface area contributed by atoms with E-state index >= 15 is 0 Å². The highest BCUT2D eigenvalue weighted by Gasteiger charge is 2.20. The van der Waals surface area contributed by atoms with Crippen LogP contribution >= 0.6 is 0 Å². The Morgan fingerprint density at radius 3 is 2.50 bits per heavy atom. The molecule has 0 aliphatic rings. The van der Waals surface area contributed by atoms with Crippen molar-refractivity contribution in [3.8, 4) is 0 Å². The molecule has 16 heavy (non-hydrogen) atoms. The summed E-state index contributed by atoms with van der Waals surface area (Å²) in [6.07, 6.45) is 0.518. The lowest BCUT2D eigenvalue weighted by molar-refractivity contribution is -0.145. The molecule has 6 heteroatoms. The Balaban J connectivity index is 2.83. The second kappa shape index (κ2) is 6.02. The van der Waals surface area contributed by atoms with E-state index in [0.29, 0.717) is 6.42 Å². The fourth-order valence-electron chi connectivity index (χ4n) is 1.35. The van der Waals surface area contributed by atoms with E-state index in [2.05, 4.69) is 9.36 Å². The molecule has 0 aliphatic carbocycles. The molecule has 86 valence electrons. The lowest BCUT2D eigenvalue weighted by atomic mass is 9.97.